The van der Waals surface area contributed by atoms with Crippen LogP contribution in [-0.2, 0) is 9.59 Å². The van der Waals surface area contributed by atoms with Gasteiger partial charge in [-0.25, -0.2) is 9.59 Å². The Morgan fingerprint density at radius 3 is 0.750 bits per heavy atom. The SMILES string of the molecule is O=C(O)C=CCCCCCCCCCCCCCCCCCCCCCCC=CC(=O)O. The van der Waals surface area contributed by atoms with Crippen molar-refractivity contribution >= 4 is 11.9 Å². The van der Waals surface area contributed by atoms with Gasteiger partial charge in [-0.2, -0.15) is 0 Å². The Bertz CT molecular complexity index is 438. The van der Waals surface area contributed by atoms with Gasteiger partial charge < -0.3 is 10.2 Å². The molecule has 0 bridgehead atoms. The lowest BCUT2D eigenvalue weighted by atomic mass is 10.0. The first-order valence-electron chi connectivity index (χ1n) is 13.4. The molecule has 0 unspecified atom stereocenters. The highest BCUT2D eigenvalue weighted by molar-refractivity contribution is 5.79. The maximum Gasteiger partial charge on any atom is 0.327 e. The largest absolute Gasteiger partial charge is 0.478 e. The van der Waals surface area contributed by atoms with Crippen molar-refractivity contribution in [2.24, 2.45) is 0 Å². The van der Waals surface area contributed by atoms with E-state index in [4.69, 9.17) is 10.2 Å². The quantitative estimate of drug-likeness (QED) is 0.108. The minimum atomic E-state index is -0.842. The number of carboxylic acid groups (broad SMARTS) is 2. The van der Waals surface area contributed by atoms with Crippen LogP contribution in [0.3, 0.4) is 0 Å². The zero-order valence-electron chi connectivity index (χ0n) is 20.6. The second-order valence-corrected chi connectivity index (χ2v) is 9.13. The Morgan fingerprint density at radius 1 is 0.375 bits per heavy atom. The summed E-state index contributed by atoms with van der Waals surface area (Å²) in [5.41, 5.74) is 0. The van der Waals surface area contributed by atoms with Crippen molar-refractivity contribution in [1.29, 1.82) is 0 Å². The fourth-order valence-corrected chi connectivity index (χ4v) is 4.07. The van der Waals surface area contributed by atoms with Crippen molar-refractivity contribution in [1.82, 2.24) is 0 Å². The number of carbonyl (C=O) groups is 2. The van der Waals surface area contributed by atoms with E-state index in [0.717, 1.165) is 25.7 Å². The number of unbranched alkanes of at least 4 members (excludes halogenated alkanes) is 21. The second kappa shape index (κ2) is 25.7. The van der Waals surface area contributed by atoms with Crippen LogP contribution in [0.5, 0.6) is 0 Å². The number of allylic oxidation sites excluding steroid dienone is 2. The maximum absolute atomic E-state index is 10.3. The summed E-state index contributed by atoms with van der Waals surface area (Å²) in [6.07, 6.45) is 34.3. The Hall–Kier alpha value is -1.58. The van der Waals surface area contributed by atoms with Gasteiger partial charge in [-0.3, -0.25) is 0 Å². The summed E-state index contributed by atoms with van der Waals surface area (Å²) in [6, 6.07) is 0. The molecule has 0 atom stereocenters. The lowest BCUT2D eigenvalue weighted by Crippen LogP contribution is -1.86. The Labute approximate surface area is 197 Å². The Morgan fingerprint density at radius 2 is 0.562 bits per heavy atom. The summed E-state index contributed by atoms with van der Waals surface area (Å²) in [7, 11) is 0. The van der Waals surface area contributed by atoms with Crippen molar-refractivity contribution < 1.29 is 19.8 Å². The van der Waals surface area contributed by atoms with Crippen molar-refractivity contribution in [3.05, 3.63) is 24.3 Å². The van der Waals surface area contributed by atoms with E-state index in [0.29, 0.717) is 0 Å². The normalized spacial score (nSPS) is 11.6. The van der Waals surface area contributed by atoms with Crippen LogP contribution < -0.4 is 0 Å². The highest BCUT2D eigenvalue weighted by Crippen LogP contribution is 2.15. The molecule has 2 N–H and O–H groups in total. The summed E-state index contributed by atoms with van der Waals surface area (Å²) in [5.74, 6) is -1.68. The van der Waals surface area contributed by atoms with E-state index >= 15 is 0 Å². The molecule has 0 aromatic heterocycles. The van der Waals surface area contributed by atoms with E-state index in [9.17, 15) is 9.59 Å². The summed E-state index contributed by atoms with van der Waals surface area (Å²) in [4.78, 5) is 20.7. The van der Waals surface area contributed by atoms with Crippen LogP contribution in [0.1, 0.15) is 141 Å². The molecule has 4 nitrogen and oxygen atoms in total. The molecule has 0 aliphatic rings. The second-order valence-electron chi connectivity index (χ2n) is 9.13. The molecule has 186 valence electrons. The van der Waals surface area contributed by atoms with Gasteiger partial charge >= 0.3 is 11.9 Å². The molecule has 4 heteroatoms. The molecule has 0 aliphatic carbocycles. The minimum absolute atomic E-state index is 0.842. The molecule has 0 aliphatic heterocycles. The molecular weight excluding hydrogens is 400 g/mol. The zero-order chi connectivity index (χ0) is 23.5. The van der Waals surface area contributed by atoms with Crippen molar-refractivity contribution in [2.45, 2.75) is 141 Å². The van der Waals surface area contributed by atoms with Crippen LogP contribution in [0, 0.1) is 0 Å². The van der Waals surface area contributed by atoms with Gasteiger partial charge in [0.15, 0.2) is 0 Å². The molecular formula is C28H50O4. The molecule has 0 saturated carbocycles. The van der Waals surface area contributed by atoms with Crippen LogP contribution >= 0.6 is 0 Å². The van der Waals surface area contributed by atoms with Crippen molar-refractivity contribution in [2.75, 3.05) is 0 Å². The lowest BCUT2D eigenvalue weighted by molar-refractivity contribution is -0.132. The third kappa shape index (κ3) is 28.4. The monoisotopic (exact) mass is 450 g/mol. The molecule has 0 amide bonds. The standard InChI is InChI=1S/C28H50O4/c29-27(30)25-23-21-19-17-15-13-11-9-7-5-3-1-2-4-6-8-10-12-14-16-18-20-22-24-26-28(31)32/h23-26H,1-22H2,(H,29,30)(H,31,32). The van der Waals surface area contributed by atoms with Gasteiger partial charge in [-0.1, -0.05) is 128 Å². The average molecular weight is 451 g/mol. The number of aliphatic carboxylic acids is 2. The molecule has 0 radical (unpaired) electrons. The van der Waals surface area contributed by atoms with Gasteiger partial charge in [-0.05, 0) is 25.7 Å². The van der Waals surface area contributed by atoms with Gasteiger partial charge in [0.1, 0.15) is 0 Å². The van der Waals surface area contributed by atoms with E-state index in [-0.39, 0.29) is 0 Å². The molecule has 0 aromatic rings. The highest BCUT2D eigenvalue weighted by atomic mass is 16.4. The van der Waals surface area contributed by atoms with Crippen molar-refractivity contribution in [3.8, 4) is 0 Å². The maximum atomic E-state index is 10.3. The van der Waals surface area contributed by atoms with Crippen LogP contribution in [0.25, 0.3) is 0 Å². The minimum Gasteiger partial charge on any atom is -0.478 e. The van der Waals surface area contributed by atoms with Crippen LogP contribution in [-0.4, -0.2) is 22.2 Å². The molecule has 32 heavy (non-hydrogen) atoms. The van der Waals surface area contributed by atoms with E-state index in [1.165, 1.54) is 128 Å². The predicted octanol–water partition coefficient (Wildman–Crippen LogP) is 8.85. The lowest BCUT2D eigenvalue weighted by Gasteiger charge is -2.04. The van der Waals surface area contributed by atoms with Crippen LogP contribution in [0.4, 0.5) is 0 Å². The topological polar surface area (TPSA) is 74.6 Å². The molecule has 0 fully saturated rings. The average Bonchev–Trinajstić information content (AvgIpc) is 2.75. The van der Waals surface area contributed by atoms with Crippen LogP contribution in [0.15, 0.2) is 24.3 Å². The fourth-order valence-electron chi connectivity index (χ4n) is 4.07. The van der Waals surface area contributed by atoms with Gasteiger partial charge in [0, 0.05) is 12.2 Å². The highest BCUT2D eigenvalue weighted by Gasteiger charge is 1.96. The zero-order valence-corrected chi connectivity index (χ0v) is 20.6. The summed E-state index contributed by atoms with van der Waals surface area (Å²) in [6.45, 7) is 0. The van der Waals surface area contributed by atoms with Gasteiger partial charge in [-0.15, -0.1) is 0 Å². The summed E-state index contributed by atoms with van der Waals surface area (Å²) in [5, 5.41) is 17.0. The molecule has 0 aromatic carbocycles. The summed E-state index contributed by atoms with van der Waals surface area (Å²) >= 11 is 0. The third-order valence-corrected chi connectivity index (χ3v) is 6.01. The first kappa shape index (κ1) is 30.4. The third-order valence-electron chi connectivity index (χ3n) is 6.01. The molecule has 0 rings (SSSR count). The number of carboxylic acids is 2. The number of hydrogen-bond donors (Lipinski definition) is 2. The van der Waals surface area contributed by atoms with E-state index in [1.807, 2.05) is 0 Å². The first-order valence-corrected chi connectivity index (χ1v) is 13.4. The molecule has 0 spiro atoms. The Balaban J connectivity index is 3.08. The Kier molecular flexibility index (Phi) is 24.4. The van der Waals surface area contributed by atoms with Gasteiger partial charge in [0.05, 0.1) is 0 Å². The number of rotatable bonds is 25. The van der Waals surface area contributed by atoms with E-state index in [1.54, 1.807) is 12.2 Å². The van der Waals surface area contributed by atoms with Gasteiger partial charge in [0.25, 0.3) is 0 Å². The van der Waals surface area contributed by atoms with E-state index in [2.05, 4.69) is 0 Å². The predicted molar refractivity (Wildman–Crippen MR) is 135 cm³/mol. The summed E-state index contributed by atoms with van der Waals surface area (Å²) < 4.78 is 0. The van der Waals surface area contributed by atoms with Crippen molar-refractivity contribution in [3.63, 3.8) is 0 Å². The molecule has 0 heterocycles. The fraction of sp³-hybridized carbons (Fsp3) is 0.786. The van der Waals surface area contributed by atoms with Gasteiger partial charge in [0.2, 0.25) is 0 Å². The van der Waals surface area contributed by atoms with E-state index < -0.39 is 11.9 Å². The number of hydrogen-bond acceptors (Lipinski definition) is 2. The first-order chi connectivity index (χ1) is 15.6. The van der Waals surface area contributed by atoms with Crippen LogP contribution in [0.2, 0.25) is 0 Å². The smallest absolute Gasteiger partial charge is 0.327 e. The molecule has 0 saturated heterocycles.